The van der Waals surface area contributed by atoms with Gasteiger partial charge < -0.3 is 20.7 Å². The van der Waals surface area contributed by atoms with Crippen molar-refractivity contribution >= 4 is 11.6 Å². The summed E-state index contributed by atoms with van der Waals surface area (Å²) in [5, 5.41) is 14.3. The Labute approximate surface area is 250 Å². The molecule has 0 bridgehead atoms. The van der Waals surface area contributed by atoms with Crippen LogP contribution in [0.3, 0.4) is 0 Å². The molecule has 4 aliphatic rings. The smallest absolute Gasteiger partial charge is 0.251 e. The number of rotatable bonds is 6. The van der Waals surface area contributed by atoms with Gasteiger partial charge in [0.2, 0.25) is 0 Å². The zero-order valence-electron chi connectivity index (χ0n) is 25.3. The van der Waals surface area contributed by atoms with Gasteiger partial charge in [-0.15, -0.1) is 0 Å². The number of hydrogen-bond donors (Lipinski definition) is 6. The molecule has 42 heavy (non-hydrogen) atoms. The van der Waals surface area contributed by atoms with E-state index in [4.69, 9.17) is 4.74 Å². The van der Waals surface area contributed by atoms with Crippen LogP contribution < -0.4 is 36.9 Å². The van der Waals surface area contributed by atoms with Gasteiger partial charge in [-0.25, -0.2) is 10.9 Å². The van der Waals surface area contributed by atoms with E-state index >= 15 is 0 Å². The van der Waals surface area contributed by atoms with Gasteiger partial charge in [0.05, 0.1) is 25.0 Å². The summed E-state index contributed by atoms with van der Waals surface area (Å²) in [5.74, 6) is 0.810. The van der Waals surface area contributed by atoms with Gasteiger partial charge in [0.15, 0.2) is 0 Å². The number of amides is 1. The second kappa shape index (κ2) is 13.3. The Morgan fingerprint density at radius 1 is 1.05 bits per heavy atom. The molecular formula is C33H49N7O2. The van der Waals surface area contributed by atoms with Crippen molar-refractivity contribution in [1.29, 1.82) is 0 Å². The lowest BCUT2D eigenvalue weighted by Crippen LogP contribution is -2.67. The summed E-state index contributed by atoms with van der Waals surface area (Å²) in [6, 6.07) is 14.3. The predicted octanol–water partition coefficient (Wildman–Crippen LogP) is 3.99. The molecule has 2 saturated heterocycles. The molecule has 0 aromatic heterocycles. The minimum atomic E-state index is -0.0628. The lowest BCUT2D eigenvalue weighted by Gasteiger charge is -2.49. The third kappa shape index (κ3) is 6.45. The maximum atomic E-state index is 13.3. The molecule has 1 saturated carbocycles. The quantitative estimate of drug-likeness (QED) is 0.308. The first-order chi connectivity index (χ1) is 20.5. The van der Waals surface area contributed by atoms with Crippen molar-refractivity contribution in [2.75, 3.05) is 38.7 Å². The summed E-state index contributed by atoms with van der Waals surface area (Å²) < 4.78 is 5.84. The Bertz CT molecular complexity index is 1210. The second-order valence-corrected chi connectivity index (χ2v) is 12.8. The molecule has 3 heterocycles. The lowest BCUT2D eigenvalue weighted by molar-refractivity contribution is 0.0452. The van der Waals surface area contributed by atoms with E-state index in [1.807, 2.05) is 30.3 Å². The van der Waals surface area contributed by atoms with Crippen molar-refractivity contribution in [3.63, 3.8) is 0 Å². The largest absolute Gasteiger partial charge is 0.493 e. The lowest BCUT2D eigenvalue weighted by atomic mass is 9.70. The molecular weight excluding hydrogens is 526 g/mol. The molecule has 1 spiro atoms. The van der Waals surface area contributed by atoms with Crippen molar-refractivity contribution in [1.82, 2.24) is 31.7 Å². The van der Waals surface area contributed by atoms with Gasteiger partial charge in [0, 0.05) is 54.5 Å². The number of benzene rings is 2. The fraction of sp³-hybridized carbons (Fsp3) is 0.606. The Hall–Kier alpha value is -2.69. The fourth-order valence-electron chi connectivity index (χ4n) is 7.51. The highest BCUT2D eigenvalue weighted by Gasteiger charge is 2.48. The van der Waals surface area contributed by atoms with Crippen LogP contribution >= 0.6 is 0 Å². The number of anilines is 1. The summed E-state index contributed by atoms with van der Waals surface area (Å²) in [7, 11) is 2.22. The Morgan fingerprint density at radius 2 is 1.86 bits per heavy atom. The number of likely N-dealkylation sites (N-methyl/N-ethyl adjacent to an activating group) is 1. The number of carbonyl (C=O) groups is 1. The molecule has 4 atom stereocenters. The van der Waals surface area contributed by atoms with Gasteiger partial charge in [-0.3, -0.25) is 15.0 Å². The van der Waals surface area contributed by atoms with Crippen LogP contribution in [0.15, 0.2) is 42.5 Å². The molecule has 3 aliphatic heterocycles. The second-order valence-electron chi connectivity index (χ2n) is 12.8. The van der Waals surface area contributed by atoms with Crippen LogP contribution in [0.2, 0.25) is 0 Å². The van der Waals surface area contributed by atoms with Crippen LogP contribution in [0.5, 0.6) is 5.75 Å². The van der Waals surface area contributed by atoms with Crippen LogP contribution in [0, 0.1) is 12.3 Å². The first-order valence-corrected chi connectivity index (χ1v) is 16.1. The van der Waals surface area contributed by atoms with Gasteiger partial charge in [-0.1, -0.05) is 56.7 Å². The number of nitrogens with zero attached hydrogens (tertiary/aromatic N) is 1. The molecule has 0 radical (unpaired) electrons. The number of carbonyl (C=O) groups excluding carboxylic acids is 1. The summed E-state index contributed by atoms with van der Waals surface area (Å²) in [5.41, 5.74) is 11.3. The van der Waals surface area contributed by atoms with E-state index in [0.29, 0.717) is 18.2 Å². The van der Waals surface area contributed by atoms with Gasteiger partial charge in [-0.05, 0) is 56.6 Å². The fourth-order valence-corrected chi connectivity index (χ4v) is 7.51. The third-order valence-electron chi connectivity index (χ3n) is 9.97. The first-order valence-electron chi connectivity index (χ1n) is 16.1. The SMILES string of the molecule is Cc1ccc2c(c1)OCC[C@H]2NC(=O)c1cccc(NCC2NNC(C3NCNCC34CCCCCCCC4)N2C)c1. The van der Waals surface area contributed by atoms with E-state index in [9.17, 15) is 4.79 Å². The highest BCUT2D eigenvalue weighted by atomic mass is 16.5. The van der Waals surface area contributed by atoms with Crippen molar-refractivity contribution < 1.29 is 9.53 Å². The third-order valence-corrected chi connectivity index (χ3v) is 9.97. The van der Waals surface area contributed by atoms with Crippen LogP contribution in [0.4, 0.5) is 5.69 Å². The highest BCUT2D eigenvalue weighted by molar-refractivity contribution is 5.95. The Kier molecular flexibility index (Phi) is 9.31. The summed E-state index contributed by atoms with van der Waals surface area (Å²) >= 11 is 0. The van der Waals surface area contributed by atoms with E-state index in [2.05, 4.69) is 63.1 Å². The molecule has 6 N–H and O–H groups in total. The monoisotopic (exact) mass is 575 g/mol. The van der Waals surface area contributed by atoms with E-state index < -0.39 is 0 Å². The van der Waals surface area contributed by atoms with Crippen LogP contribution in [0.25, 0.3) is 0 Å². The molecule has 2 aromatic rings. The standard InChI is InChI=1S/C33H49N7O2/c1-23-12-13-26-27(14-17-42-28(26)18-23)37-32(41)24-10-9-11-25(19-24)35-20-29-38-39-31(40(29)2)30-33(21-34-22-36-30)15-7-5-3-4-6-8-16-33/h9-13,18-19,27,29-31,34-36,38-39H,3-8,14-17,20-22H2,1-2H3,(H,37,41)/t27-,29?,30?,31?/m1/s1. The number of hydrogen-bond acceptors (Lipinski definition) is 8. The predicted molar refractivity (Wildman–Crippen MR) is 167 cm³/mol. The van der Waals surface area contributed by atoms with Crippen molar-refractivity contribution in [3.8, 4) is 5.75 Å². The zero-order valence-corrected chi connectivity index (χ0v) is 25.3. The number of hydrazine groups is 1. The van der Waals surface area contributed by atoms with Gasteiger partial charge >= 0.3 is 0 Å². The van der Waals surface area contributed by atoms with E-state index in [1.54, 1.807) is 0 Å². The zero-order chi connectivity index (χ0) is 28.9. The van der Waals surface area contributed by atoms with Gasteiger partial charge in [-0.2, -0.15) is 0 Å². The number of aryl methyl sites for hydroxylation is 1. The maximum Gasteiger partial charge on any atom is 0.251 e. The van der Waals surface area contributed by atoms with Gasteiger partial charge in [0.25, 0.3) is 5.91 Å². The van der Waals surface area contributed by atoms with Crippen molar-refractivity contribution in [3.05, 3.63) is 59.2 Å². The molecule has 3 unspecified atom stereocenters. The van der Waals surface area contributed by atoms with Crippen LogP contribution in [-0.2, 0) is 0 Å². The van der Waals surface area contributed by atoms with E-state index in [0.717, 1.165) is 48.7 Å². The van der Waals surface area contributed by atoms with E-state index in [1.165, 1.54) is 51.4 Å². The molecule has 228 valence electrons. The molecule has 1 amide bonds. The summed E-state index contributed by atoms with van der Waals surface area (Å²) in [4.78, 5) is 15.7. The maximum absolute atomic E-state index is 13.3. The molecule has 3 fully saturated rings. The van der Waals surface area contributed by atoms with Gasteiger partial charge in [0.1, 0.15) is 5.75 Å². The average Bonchev–Trinajstić information content (AvgIpc) is 3.41. The minimum absolute atomic E-state index is 0.0492. The minimum Gasteiger partial charge on any atom is -0.493 e. The Balaban J connectivity index is 1.07. The van der Waals surface area contributed by atoms with Crippen molar-refractivity contribution in [2.45, 2.75) is 89.1 Å². The normalized spacial score (nSPS) is 28.1. The molecule has 6 rings (SSSR count). The first kappa shape index (κ1) is 29.4. The Morgan fingerprint density at radius 3 is 2.69 bits per heavy atom. The molecule has 9 heteroatoms. The molecule has 2 aromatic carbocycles. The topological polar surface area (TPSA) is 102 Å². The molecule has 9 nitrogen and oxygen atoms in total. The molecule has 1 aliphatic carbocycles. The van der Waals surface area contributed by atoms with Crippen LogP contribution in [-0.4, -0.2) is 62.6 Å². The van der Waals surface area contributed by atoms with E-state index in [-0.39, 0.29) is 29.7 Å². The number of nitrogens with one attached hydrogen (secondary N) is 6. The number of ether oxygens (including phenoxy) is 1. The summed E-state index contributed by atoms with van der Waals surface area (Å²) in [6.45, 7) is 5.33. The summed E-state index contributed by atoms with van der Waals surface area (Å²) in [6.07, 6.45) is 11.8. The highest BCUT2D eigenvalue weighted by Crippen LogP contribution is 2.40. The number of fused-ring (bicyclic) bond motifs is 1. The van der Waals surface area contributed by atoms with Crippen molar-refractivity contribution in [2.24, 2.45) is 5.41 Å². The average molecular weight is 576 g/mol. The van der Waals surface area contributed by atoms with Crippen LogP contribution in [0.1, 0.15) is 85.3 Å².